The Morgan fingerprint density at radius 2 is 1.83 bits per heavy atom. The average molecular weight is 562 g/mol. The van der Waals surface area contributed by atoms with Gasteiger partial charge in [0.1, 0.15) is 24.1 Å². The minimum Gasteiger partial charge on any atom is -0.452 e. The van der Waals surface area contributed by atoms with Gasteiger partial charge in [0.15, 0.2) is 17.3 Å². The predicted molar refractivity (Wildman–Crippen MR) is 159 cm³/mol. The number of hydrogen-bond acceptors (Lipinski definition) is 8. The van der Waals surface area contributed by atoms with Crippen LogP contribution in [0.5, 0.6) is 11.5 Å². The van der Waals surface area contributed by atoms with Crippen LogP contribution in [0.25, 0.3) is 11.4 Å². The molecule has 0 spiro atoms. The summed E-state index contributed by atoms with van der Waals surface area (Å²) in [6, 6.07) is 16.4. The van der Waals surface area contributed by atoms with Crippen molar-refractivity contribution in [1.29, 1.82) is 0 Å². The van der Waals surface area contributed by atoms with Crippen LogP contribution in [0.4, 0.5) is 11.4 Å². The summed E-state index contributed by atoms with van der Waals surface area (Å²) in [5.41, 5.74) is 6.68. The Kier molecular flexibility index (Phi) is 6.81. The highest BCUT2D eigenvalue weighted by atomic mass is 16.5. The number of amides is 1. The number of ether oxygens (including phenoxy) is 1. The van der Waals surface area contributed by atoms with Crippen LogP contribution in [0.3, 0.4) is 0 Å². The van der Waals surface area contributed by atoms with Crippen molar-refractivity contribution in [2.45, 2.75) is 46.1 Å². The van der Waals surface area contributed by atoms with Crippen molar-refractivity contribution < 1.29 is 9.53 Å². The number of aryl methyl sites for hydroxylation is 1. The lowest BCUT2D eigenvalue weighted by molar-refractivity contribution is -0.121. The van der Waals surface area contributed by atoms with E-state index in [9.17, 15) is 4.79 Å². The molecule has 0 saturated carbocycles. The molecule has 0 aliphatic carbocycles. The van der Waals surface area contributed by atoms with Crippen molar-refractivity contribution in [1.82, 2.24) is 30.3 Å². The van der Waals surface area contributed by atoms with Crippen LogP contribution in [0.1, 0.15) is 42.3 Å². The van der Waals surface area contributed by atoms with Crippen LogP contribution >= 0.6 is 0 Å². The number of carbonyl (C=O) groups excluding carboxylic acids is 1. The normalized spacial score (nSPS) is 14.4. The maximum absolute atomic E-state index is 12.6. The molecule has 1 amide bonds. The molecule has 10 nitrogen and oxygen atoms in total. The van der Waals surface area contributed by atoms with Crippen LogP contribution in [-0.2, 0) is 24.2 Å². The van der Waals surface area contributed by atoms with E-state index in [1.54, 1.807) is 6.92 Å². The largest absolute Gasteiger partial charge is 0.452 e. The molecule has 10 heteroatoms. The van der Waals surface area contributed by atoms with E-state index in [1.165, 1.54) is 22.2 Å². The van der Waals surface area contributed by atoms with E-state index in [2.05, 4.69) is 66.4 Å². The summed E-state index contributed by atoms with van der Waals surface area (Å²) in [6.45, 7) is 8.22. The highest BCUT2D eigenvalue weighted by Gasteiger charge is 2.26. The first-order valence-corrected chi connectivity index (χ1v) is 14.7. The molecule has 0 bridgehead atoms. The van der Waals surface area contributed by atoms with Gasteiger partial charge in [0, 0.05) is 61.8 Å². The van der Waals surface area contributed by atoms with Gasteiger partial charge in [0.05, 0.1) is 6.07 Å². The van der Waals surface area contributed by atoms with Gasteiger partial charge >= 0.3 is 0 Å². The van der Waals surface area contributed by atoms with Gasteiger partial charge in [-0.15, -0.1) is 20.4 Å². The van der Waals surface area contributed by atoms with Crippen LogP contribution in [-0.4, -0.2) is 52.5 Å². The standard InChI is InChI=1S/C32H32N8O2/c1-3-39-13-10-23-15-25-29(17-27(23)39)42-30-18-28-24(16-26(30)34-25)11-14-40(28)12-4-5-31(41)33-19-21-6-8-22(9-7-21)32-37-35-20(2)36-38-32/h6-9,15-18H,3-5,10-14,19H2,1-2H3/p+1. The number of aromatic nitrogens is 4. The summed E-state index contributed by atoms with van der Waals surface area (Å²) in [5.74, 6) is 2.70. The van der Waals surface area contributed by atoms with Crippen LogP contribution in [0.2, 0.25) is 0 Å². The number of fused-ring (bicyclic) bond motifs is 4. The number of likely N-dealkylation sites (N-methyl/N-ethyl adjacent to an activating group) is 1. The Morgan fingerprint density at radius 1 is 1.00 bits per heavy atom. The average Bonchev–Trinajstić information content (AvgIpc) is 3.60. The van der Waals surface area contributed by atoms with E-state index in [-0.39, 0.29) is 5.91 Å². The zero-order chi connectivity index (χ0) is 28.6. The number of nitrogens with zero attached hydrogens (tertiary/aromatic N) is 7. The van der Waals surface area contributed by atoms with E-state index in [4.69, 9.17) is 9.73 Å². The second-order valence-electron chi connectivity index (χ2n) is 11.0. The quantitative estimate of drug-likeness (QED) is 0.290. The summed E-state index contributed by atoms with van der Waals surface area (Å²) in [4.78, 5) is 19.9. The van der Waals surface area contributed by atoms with E-state index in [0.717, 1.165) is 79.1 Å². The van der Waals surface area contributed by atoms with Gasteiger partial charge in [-0.1, -0.05) is 24.3 Å². The van der Waals surface area contributed by atoms with Gasteiger partial charge in [-0.25, -0.2) is 9.57 Å². The number of nitrogens with one attached hydrogen (secondary N) is 1. The zero-order valence-corrected chi connectivity index (χ0v) is 23.9. The Labute approximate surface area is 243 Å². The molecule has 212 valence electrons. The maximum atomic E-state index is 12.6. The number of rotatable bonds is 8. The number of hydrogen-bond donors (Lipinski definition) is 1. The fourth-order valence-electron chi connectivity index (χ4n) is 5.98. The summed E-state index contributed by atoms with van der Waals surface area (Å²) in [7, 11) is 0. The van der Waals surface area contributed by atoms with Crippen molar-refractivity contribution in [2.24, 2.45) is 4.99 Å². The highest BCUT2D eigenvalue weighted by molar-refractivity contribution is 5.76. The van der Waals surface area contributed by atoms with Crippen LogP contribution in [0.15, 0.2) is 53.5 Å². The van der Waals surface area contributed by atoms with Gasteiger partial charge < -0.3 is 15.0 Å². The third-order valence-electron chi connectivity index (χ3n) is 8.26. The van der Waals surface area contributed by atoms with Crippen molar-refractivity contribution in [3.8, 4) is 22.9 Å². The summed E-state index contributed by atoms with van der Waals surface area (Å²) in [5, 5.41) is 21.2. The molecule has 0 fully saturated rings. The van der Waals surface area contributed by atoms with Gasteiger partial charge in [-0.3, -0.25) is 4.79 Å². The van der Waals surface area contributed by atoms with Gasteiger partial charge in [-0.2, -0.15) is 0 Å². The van der Waals surface area contributed by atoms with E-state index >= 15 is 0 Å². The third-order valence-corrected chi connectivity index (χ3v) is 8.26. The number of benzene rings is 3. The smallest absolute Gasteiger partial charge is 0.220 e. The lowest BCUT2D eigenvalue weighted by Crippen LogP contribution is -2.30. The maximum Gasteiger partial charge on any atom is 0.220 e. The van der Waals surface area contributed by atoms with Gasteiger partial charge in [-0.05, 0) is 43.5 Å². The fraction of sp³-hybridized carbons (Fsp3) is 0.344. The van der Waals surface area contributed by atoms with Gasteiger partial charge in [0.2, 0.25) is 17.1 Å². The summed E-state index contributed by atoms with van der Waals surface area (Å²) < 4.78 is 8.76. The molecular weight excluding hydrogens is 528 g/mol. The van der Waals surface area contributed by atoms with E-state index < -0.39 is 0 Å². The second-order valence-corrected chi connectivity index (χ2v) is 11.0. The topological polar surface area (TPSA) is 108 Å². The lowest BCUT2D eigenvalue weighted by atomic mass is 10.1. The van der Waals surface area contributed by atoms with Crippen LogP contribution in [0, 0.1) is 6.92 Å². The lowest BCUT2D eigenvalue weighted by Gasteiger charge is -2.20. The molecule has 0 saturated heterocycles. The monoisotopic (exact) mass is 561 g/mol. The molecule has 1 aromatic heterocycles. The zero-order valence-electron chi connectivity index (χ0n) is 23.9. The Balaban J connectivity index is 0.971. The van der Waals surface area contributed by atoms with Crippen LogP contribution < -0.4 is 30.2 Å². The molecule has 0 unspecified atom stereocenters. The molecule has 0 atom stereocenters. The first kappa shape index (κ1) is 26.2. The minimum absolute atomic E-state index is 0.0478. The first-order chi connectivity index (χ1) is 20.5. The molecule has 0 radical (unpaired) electrons. The molecule has 4 aromatic rings. The molecule has 3 aliphatic heterocycles. The van der Waals surface area contributed by atoms with E-state index in [1.807, 2.05) is 24.3 Å². The Bertz CT molecular complexity index is 1800. The van der Waals surface area contributed by atoms with Crippen molar-refractivity contribution in [3.05, 3.63) is 81.8 Å². The Hall–Kier alpha value is -4.73. The molecule has 7 rings (SSSR count). The second kappa shape index (κ2) is 10.9. The molecule has 1 N–H and O–H groups in total. The molecular formula is C32H33N8O2+. The highest BCUT2D eigenvalue weighted by Crippen LogP contribution is 2.41. The van der Waals surface area contributed by atoms with Crippen molar-refractivity contribution in [3.63, 3.8) is 0 Å². The van der Waals surface area contributed by atoms with Crippen molar-refractivity contribution >= 4 is 17.3 Å². The fourth-order valence-corrected chi connectivity index (χ4v) is 5.98. The summed E-state index contributed by atoms with van der Waals surface area (Å²) >= 11 is 0. The SMILES string of the molecule is CCN1CCc2cc3c(cc21)Oc1cc2c(cc1=N3)CC[N+]=2CCCC(=O)NCc1ccc(-c2nnc(C)nn2)cc1. The number of carbonyl (C=O) groups is 1. The molecule has 42 heavy (non-hydrogen) atoms. The van der Waals surface area contributed by atoms with E-state index in [0.29, 0.717) is 24.6 Å². The first-order valence-electron chi connectivity index (χ1n) is 14.7. The predicted octanol–water partition coefficient (Wildman–Crippen LogP) is 2.83. The van der Waals surface area contributed by atoms with Gasteiger partial charge in [0.25, 0.3) is 0 Å². The number of anilines is 1. The Morgan fingerprint density at radius 3 is 2.64 bits per heavy atom. The van der Waals surface area contributed by atoms with Crippen molar-refractivity contribution in [2.75, 3.05) is 31.1 Å². The minimum atomic E-state index is 0.0478. The molecule has 3 aliphatic rings. The third kappa shape index (κ3) is 5.08. The molecule has 4 heterocycles. The molecule has 3 aromatic carbocycles. The summed E-state index contributed by atoms with van der Waals surface area (Å²) in [6.07, 6.45) is 3.28.